The van der Waals surface area contributed by atoms with Crippen LogP contribution in [-0.4, -0.2) is 34.3 Å². The summed E-state index contributed by atoms with van der Waals surface area (Å²) in [5, 5.41) is 0.924. The third kappa shape index (κ3) is 7.01. The van der Waals surface area contributed by atoms with E-state index in [1.54, 1.807) is 63.2 Å². The number of carbonyl (C=O) groups is 2. The zero-order valence-electron chi connectivity index (χ0n) is 21.7. The van der Waals surface area contributed by atoms with Crippen LogP contribution in [0, 0.1) is 0 Å². The van der Waals surface area contributed by atoms with Gasteiger partial charge < -0.3 is 14.0 Å². The number of carbonyl (C=O) groups excluding carboxylic acids is 2. The van der Waals surface area contributed by atoms with Crippen LogP contribution in [-0.2, 0) is 16.0 Å². The lowest BCUT2D eigenvalue weighted by atomic mass is 10.1. The number of methoxy groups -OCH3 is 1. The quantitative estimate of drug-likeness (QED) is 0.200. The van der Waals surface area contributed by atoms with Crippen molar-refractivity contribution in [3.05, 3.63) is 98.6 Å². The number of nitrogens with zero attached hydrogens (tertiary/aromatic N) is 3. The van der Waals surface area contributed by atoms with Crippen LogP contribution in [0.15, 0.2) is 77.4 Å². The Morgan fingerprint density at radius 3 is 2.26 bits per heavy atom. The summed E-state index contributed by atoms with van der Waals surface area (Å²) in [6.45, 7) is 5.75. The summed E-state index contributed by atoms with van der Waals surface area (Å²) in [5.74, 6) is -0.0968. The lowest BCUT2D eigenvalue weighted by Crippen LogP contribution is -2.35. The van der Waals surface area contributed by atoms with E-state index < -0.39 is 17.7 Å². The molecule has 0 radical (unpaired) electrons. The zero-order valence-corrected chi connectivity index (χ0v) is 24.8. The standard InChI is InChI=1S/C29H26BrCl2N3O4/c1-29(2,3)39-28(37)35(22-12-9-20(30)10-13-22)27-33-25(23-14-11-21(31)15-24(23)32)17-34(27)16-18-5-7-19(8-6-18)26(36)38-4/h5-15,17H,16H2,1-4H3. The molecule has 3 aromatic carbocycles. The molecule has 4 aromatic rings. The second kappa shape index (κ2) is 11.8. The predicted octanol–water partition coefficient (Wildman–Crippen LogP) is 8.53. The highest BCUT2D eigenvalue weighted by atomic mass is 79.9. The van der Waals surface area contributed by atoms with Crippen LogP contribution in [0.3, 0.4) is 0 Å². The van der Waals surface area contributed by atoms with E-state index in [0.29, 0.717) is 45.0 Å². The molecule has 1 amide bonds. The molecule has 39 heavy (non-hydrogen) atoms. The van der Waals surface area contributed by atoms with Crippen molar-refractivity contribution in [3.63, 3.8) is 0 Å². The van der Waals surface area contributed by atoms with Crippen LogP contribution in [0.4, 0.5) is 16.4 Å². The minimum absolute atomic E-state index is 0.324. The Morgan fingerprint density at radius 1 is 1.00 bits per heavy atom. The van der Waals surface area contributed by atoms with Gasteiger partial charge in [0, 0.05) is 21.3 Å². The van der Waals surface area contributed by atoms with E-state index in [1.165, 1.54) is 12.0 Å². The number of benzene rings is 3. The van der Waals surface area contributed by atoms with Crippen molar-refractivity contribution in [2.75, 3.05) is 12.0 Å². The van der Waals surface area contributed by atoms with Gasteiger partial charge in [-0.25, -0.2) is 19.5 Å². The second-order valence-electron chi connectivity index (χ2n) is 9.66. The van der Waals surface area contributed by atoms with Crippen LogP contribution < -0.4 is 4.90 Å². The van der Waals surface area contributed by atoms with Crippen molar-refractivity contribution in [3.8, 4) is 11.3 Å². The molecule has 0 saturated heterocycles. The Labute approximate surface area is 245 Å². The summed E-state index contributed by atoms with van der Waals surface area (Å²) in [5.41, 5.74) is 2.33. The number of ether oxygens (including phenoxy) is 2. The van der Waals surface area contributed by atoms with Gasteiger partial charge in [0.2, 0.25) is 5.95 Å². The zero-order chi connectivity index (χ0) is 28.3. The van der Waals surface area contributed by atoms with Crippen molar-refractivity contribution < 1.29 is 19.1 Å². The maximum absolute atomic E-state index is 13.6. The normalized spacial score (nSPS) is 11.3. The lowest BCUT2D eigenvalue weighted by molar-refractivity contribution is 0.0588. The summed E-state index contributed by atoms with van der Waals surface area (Å²) in [7, 11) is 1.34. The Hall–Kier alpha value is -3.33. The van der Waals surface area contributed by atoms with Gasteiger partial charge in [-0.2, -0.15) is 0 Å². The molecule has 0 aliphatic heterocycles. The number of hydrogen-bond acceptors (Lipinski definition) is 5. The predicted molar refractivity (Wildman–Crippen MR) is 157 cm³/mol. The highest BCUT2D eigenvalue weighted by Crippen LogP contribution is 2.35. The average molecular weight is 631 g/mol. The Morgan fingerprint density at radius 2 is 1.67 bits per heavy atom. The number of imidazole rings is 1. The monoisotopic (exact) mass is 629 g/mol. The molecule has 7 nitrogen and oxygen atoms in total. The summed E-state index contributed by atoms with van der Waals surface area (Å²) >= 11 is 16.1. The fourth-order valence-corrected chi connectivity index (χ4v) is 4.56. The molecule has 1 aromatic heterocycles. The molecule has 4 rings (SSSR count). The Balaban J connectivity index is 1.86. The Bertz CT molecular complexity index is 1500. The van der Waals surface area contributed by atoms with E-state index in [1.807, 2.05) is 35.0 Å². The van der Waals surface area contributed by atoms with Gasteiger partial charge in [-0.3, -0.25) is 0 Å². The van der Waals surface area contributed by atoms with Gasteiger partial charge in [0.1, 0.15) is 5.60 Å². The van der Waals surface area contributed by atoms with E-state index in [-0.39, 0.29) is 0 Å². The average Bonchev–Trinajstić information content (AvgIpc) is 3.26. The first-order valence-corrected chi connectivity index (χ1v) is 13.5. The first kappa shape index (κ1) is 28.7. The molecule has 0 spiro atoms. The molecule has 0 unspecified atom stereocenters. The third-order valence-corrected chi connectivity index (χ3v) is 6.63. The van der Waals surface area contributed by atoms with Crippen LogP contribution in [0.5, 0.6) is 0 Å². The number of anilines is 2. The largest absolute Gasteiger partial charge is 0.465 e. The Kier molecular flexibility index (Phi) is 8.69. The second-order valence-corrected chi connectivity index (χ2v) is 11.4. The molecule has 0 aliphatic rings. The van der Waals surface area contributed by atoms with E-state index in [9.17, 15) is 9.59 Å². The number of halogens is 3. The number of aromatic nitrogens is 2. The van der Waals surface area contributed by atoms with Crippen molar-refractivity contribution in [1.29, 1.82) is 0 Å². The van der Waals surface area contributed by atoms with Crippen LogP contribution >= 0.6 is 39.1 Å². The van der Waals surface area contributed by atoms with Crippen molar-refractivity contribution in [1.82, 2.24) is 9.55 Å². The van der Waals surface area contributed by atoms with E-state index in [0.717, 1.165) is 10.0 Å². The highest BCUT2D eigenvalue weighted by Gasteiger charge is 2.29. The molecule has 0 atom stereocenters. The topological polar surface area (TPSA) is 73.7 Å². The molecule has 0 N–H and O–H groups in total. The molecule has 10 heteroatoms. The molecule has 0 saturated carbocycles. The van der Waals surface area contributed by atoms with Crippen molar-refractivity contribution in [2.24, 2.45) is 0 Å². The number of rotatable bonds is 6. The first-order chi connectivity index (χ1) is 18.4. The first-order valence-electron chi connectivity index (χ1n) is 11.9. The highest BCUT2D eigenvalue weighted by molar-refractivity contribution is 9.10. The van der Waals surface area contributed by atoms with Crippen molar-refractivity contribution >= 4 is 62.8 Å². The molecule has 1 heterocycles. The molecule has 0 fully saturated rings. The summed E-state index contributed by atoms with van der Waals surface area (Å²) in [6, 6.07) is 19.4. The summed E-state index contributed by atoms with van der Waals surface area (Å²) in [4.78, 5) is 31.8. The molecule has 0 aliphatic carbocycles. The lowest BCUT2D eigenvalue weighted by Gasteiger charge is -2.27. The SMILES string of the molecule is COC(=O)c1ccc(Cn2cc(-c3ccc(Cl)cc3Cl)nc2N(C(=O)OC(C)(C)C)c2ccc(Br)cc2)cc1. The van der Waals surface area contributed by atoms with Gasteiger partial charge in [0.15, 0.2) is 0 Å². The van der Waals surface area contributed by atoms with Gasteiger partial charge in [-0.1, -0.05) is 51.3 Å². The molecule has 202 valence electrons. The van der Waals surface area contributed by atoms with Gasteiger partial charge in [0.25, 0.3) is 0 Å². The van der Waals surface area contributed by atoms with Gasteiger partial charge in [-0.15, -0.1) is 0 Å². The van der Waals surface area contributed by atoms with Gasteiger partial charge in [-0.05, 0) is 80.9 Å². The maximum atomic E-state index is 13.6. The minimum Gasteiger partial charge on any atom is -0.465 e. The number of amides is 1. The summed E-state index contributed by atoms with van der Waals surface area (Å²) < 4.78 is 13.3. The maximum Gasteiger partial charge on any atom is 0.421 e. The molecular weight excluding hydrogens is 605 g/mol. The van der Waals surface area contributed by atoms with E-state index in [2.05, 4.69) is 15.9 Å². The van der Waals surface area contributed by atoms with Gasteiger partial charge >= 0.3 is 12.1 Å². The fraction of sp³-hybridized carbons (Fsp3) is 0.207. The van der Waals surface area contributed by atoms with Gasteiger partial charge in [0.05, 0.1) is 35.6 Å². The molecule has 0 bridgehead atoms. The number of esters is 1. The van der Waals surface area contributed by atoms with Crippen LogP contribution in [0.25, 0.3) is 11.3 Å². The molecular formula is C29H26BrCl2N3O4. The van der Waals surface area contributed by atoms with Crippen molar-refractivity contribution in [2.45, 2.75) is 32.9 Å². The number of hydrogen-bond donors (Lipinski definition) is 0. The van der Waals surface area contributed by atoms with E-state index >= 15 is 0 Å². The smallest absolute Gasteiger partial charge is 0.421 e. The summed E-state index contributed by atoms with van der Waals surface area (Å²) in [6.07, 6.45) is 1.22. The van der Waals surface area contributed by atoms with E-state index in [4.69, 9.17) is 37.7 Å². The fourth-order valence-electron chi connectivity index (χ4n) is 3.79. The van der Waals surface area contributed by atoms with Crippen LogP contribution in [0.2, 0.25) is 10.0 Å². The third-order valence-electron chi connectivity index (χ3n) is 5.55. The van der Waals surface area contributed by atoms with Crippen LogP contribution in [0.1, 0.15) is 36.7 Å². The minimum atomic E-state index is -0.742.